The lowest BCUT2D eigenvalue weighted by atomic mass is 10.0. The molecule has 0 saturated heterocycles. The van der Waals surface area contributed by atoms with E-state index in [1.165, 1.54) is 141 Å². The van der Waals surface area contributed by atoms with Crippen molar-refractivity contribution in [2.45, 2.75) is 303 Å². The maximum atomic E-state index is 12.9. The van der Waals surface area contributed by atoms with Crippen LogP contribution in [0.25, 0.3) is 0 Å². The molecular weight excluding hydrogens is 1000 g/mol. The molecule has 1 aromatic heterocycles. The summed E-state index contributed by atoms with van der Waals surface area (Å²) >= 11 is 0. The number of imidazole rings is 1. The molecule has 0 radical (unpaired) electrons. The minimum Gasteiger partial charge on any atom is -0.462 e. The first-order valence-electron chi connectivity index (χ1n) is 32.7. The molecule has 79 heavy (non-hydrogen) atoms. The fourth-order valence-corrected chi connectivity index (χ4v) is 9.62. The zero-order chi connectivity index (χ0) is 57.2. The smallest absolute Gasteiger partial charge is 0.407 e. The zero-order valence-corrected chi connectivity index (χ0v) is 51.2. The van der Waals surface area contributed by atoms with Crippen LogP contribution >= 0.6 is 0 Å². The van der Waals surface area contributed by atoms with Gasteiger partial charge in [0.25, 0.3) is 5.91 Å². The molecule has 15 nitrogen and oxygen atoms in total. The third-order valence-electron chi connectivity index (χ3n) is 14.5. The molecule has 1 aromatic rings. The molecule has 1 unspecified atom stereocenters. The first kappa shape index (κ1) is 73.7. The minimum atomic E-state index is -0.550. The monoisotopic (exact) mass is 1120 g/mol. The molecule has 0 bridgehead atoms. The number of carbonyl (C=O) groups is 4. The summed E-state index contributed by atoms with van der Waals surface area (Å²) in [5, 5.41) is 5.46. The number of amides is 2. The third kappa shape index (κ3) is 50.2. The maximum Gasteiger partial charge on any atom is 0.407 e. The average Bonchev–Trinajstić information content (AvgIpc) is 4.00. The van der Waals surface area contributed by atoms with Crippen LogP contribution in [0.3, 0.4) is 0 Å². The molecule has 15 heteroatoms. The summed E-state index contributed by atoms with van der Waals surface area (Å²) in [6.07, 6.45) is 46.5. The first-order valence-corrected chi connectivity index (χ1v) is 32.7. The van der Waals surface area contributed by atoms with E-state index in [1.807, 2.05) is 0 Å². The van der Waals surface area contributed by atoms with Gasteiger partial charge in [0.05, 0.1) is 39.4 Å². The van der Waals surface area contributed by atoms with Gasteiger partial charge < -0.3 is 48.8 Å². The molecule has 0 aliphatic carbocycles. The fourth-order valence-electron chi connectivity index (χ4n) is 9.62. The minimum absolute atomic E-state index is 0.0389. The molecule has 0 spiro atoms. The van der Waals surface area contributed by atoms with Crippen LogP contribution in [0.4, 0.5) is 4.79 Å². The molecule has 0 fully saturated rings. The molecule has 0 saturated carbocycles. The standard InChI is InChI=1S/C64H120N4O11/c1-5-9-13-17-23-31-39-57(40-32-24-18-14-10-6-2)78-61(69)43-35-27-21-29-37-47-75-54-59(55-77-64(72)67-46-50-74-52-51-73-49-45-66-63(71)60-53-65-56-68-60)76-48-38-30-22-28-36-44-62(70)79-58(41-33-25-19-15-11-7-3)42-34-26-20-16-12-8-4/h53,56-59H,5-52,54-55H2,1-4H3,(H,65,68)(H,66,71)(H,67,72). The Kier molecular flexibility index (Phi) is 54.1. The highest BCUT2D eigenvalue weighted by Gasteiger charge is 2.17. The van der Waals surface area contributed by atoms with E-state index in [0.29, 0.717) is 71.3 Å². The summed E-state index contributed by atoms with van der Waals surface area (Å²) in [7, 11) is 0. The highest BCUT2D eigenvalue weighted by molar-refractivity contribution is 5.91. The number of unbranched alkanes of at least 4 members (excludes halogenated alkanes) is 28. The number of nitrogens with zero attached hydrogens (tertiary/aromatic N) is 1. The number of hydrogen-bond acceptors (Lipinski definition) is 12. The van der Waals surface area contributed by atoms with Gasteiger partial charge in [-0.3, -0.25) is 14.4 Å². The van der Waals surface area contributed by atoms with Crippen LogP contribution in [0, 0.1) is 0 Å². The Labute approximate surface area is 482 Å². The summed E-state index contributed by atoms with van der Waals surface area (Å²) in [5.41, 5.74) is 0.325. The largest absolute Gasteiger partial charge is 0.462 e. The number of esters is 2. The second-order valence-corrected chi connectivity index (χ2v) is 22.0. The van der Waals surface area contributed by atoms with Crippen LogP contribution in [0.2, 0.25) is 0 Å². The molecule has 0 aromatic carbocycles. The van der Waals surface area contributed by atoms with Crippen molar-refractivity contribution in [1.82, 2.24) is 20.6 Å². The molecular formula is C64H120N4O11. The lowest BCUT2D eigenvalue weighted by Gasteiger charge is -2.19. The molecule has 0 aliphatic rings. The van der Waals surface area contributed by atoms with Gasteiger partial charge in [-0.1, -0.05) is 195 Å². The summed E-state index contributed by atoms with van der Waals surface area (Å²) in [5.74, 6) is -0.351. The Bertz CT molecular complexity index is 1460. The lowest BCUT2D eigenvalue weighted by molar-refractivity contribution is -0.151. The molecule has 462 valence electrons. The van der Waals surface area contributed by atoms with Gasteiger partial charge in [0.15, 0.2) is 0 Å². The van der Waals surface area contributed by atoms with Crippen molar-refractivity contribution in [3.8, 4) is 0 Å². The van der Waals surface area contributed by atoms with E-state index < -0.39 is 12.2 Å². The number of ether oxygens (including phenoxy) is 7. The molecule has 3 N–H and O–H groups in total. The summed E-state index contributed by atoms with van der Waals surface area (Å²) in [6, 6.07) is 0. The van der Waals surface area contributed by atoms with Crippen molar-refractivity contribution in [1.29, 1.82) is 0 Å². The molecule has 0 aliphatic heterocycles. The summed E-state index contributed by atoms with van der Waals surface area (Å²) in [6.45, 7) is 12.4. The van der Waals surface area contributed by atoms with Crippen LogP contribution in [0.15, 0.2) is 12.5 Å². The number of aromatic nitrogens is 2. The van der Waals surface area contributed by atoms with Crippen LogP contribution in [0.1, 0.15) is 295 Å². The highest BCUT2D eigenvalue weighted by Crippen LogP contribution is 2.20. The van der Waals surface area contributed by atoms with Crippen molar-refractivity contribution in [2.24, 2.45) is 0 Å². The van der Waals surface area contributed by atoms with E-state index >= 15 is 0 Å². The Morgan fingerprint density at radius 2 is 0.835 bits per heavy atom. The predicted octanol–water partition coefficient (Wildman–Crippen LogP) is 15.8. The van der Waals surface area contributed by atoms with Crippen molar-refractivity contribution in [3.63, 3.8) is 0 Å². The number of nitrogens with one attached hydrogen (secondary N) is 3. The average molecular weight is 1120 g/mol. The second-order valence-electron chi connectivity index (χ2n) is 22.0. The molecule has 2 amide bonds. The number of aromatic amines is 1. The highest BCUT2D eigenvalue weighted by atomic mass is 16.6. The number of rotatable bonds is 61. The quantitative estimate of drug-likeness (QED) is 0.0319. The van der Waals surface area contributed by atoms with Crippen LogP contribution in [-0.2, 0) is 42.7 Å². The second kappa shape index (κ2) is 57.9. The summed E-state index contributed by atoms with van der Waals surface area (Å²) in [4.78, 5) is 57.0. The number of carbonyl (C=O) groups excluding carboxylic acids is 4. The SMILES string of the molecule is CCCCCCCCC(CCCCCCCC)OC(=O)CCCCCCCOCC(COC(=O)NCCOCCOCCNC(=O)c1c[nH]cn1)OCCCCCCCC(=O)OC(CCCCCCCC)CCCCCCCC. The van der Waals surface area contributed by atoms with Crippen molar-refractivity contribution in [2.75, 3.05) is 65.9 Å². The Morgan fingerprint density at radius 1 is 0.430 bits per heavy atom. The topological polar surface area (TPSA) is 186 Å². The van der Waals surface area contributed by atoms with Crippen molar-refractivity contribution < 1.29 is 52.3 Å². The van der Waals surface area contributed by atoms with Crippen LogP contribution in [-0.4, -0.2) is 118 Å². The van der Waals surface area contributed by atoms with E-state index in [9.17, 15) is 19.2 Å². The molecule has 1 heterocycles. The Balaban J connectivity index is 2.46. The molecule has 1 atom stereocenters. The van der Waals surface area contributed by atoms with Gasteiger partial charge in [0, 0.05) is 45.3 Å². The normalized spacial score (nSPS) is 11.9. The van der Waals surface area contributed by atoms with Gasteiger partial charge in [-0.25, -0.2) is 9.78 Å². The first-order chi connectivity index (χ1) is 38.8. The fraction of sp³-hybridized carbons (Fsp3) is 0.891. The van der Waals surface area contributed by atoms with Gasteiger partial charge in [-0.05, 0) is 77.0 Å². The van der Waals surface area contributed by atoms with Crippen molar-refractivity contribution in [3.05, 3.63) is 18.2 Å². The van der Waals surface area contributed by atoms with E-state index in [0.717, 1.165) is 116 Å². The predicted molar refractivity (Wildman–Crippen MR) is 320 cm³/mol. The van der Waals surface area contributed by atoms with Gasteiger partial charge in [0.2, 0.25) is 0 Å². The lowest BCUT2D eigenvalue weighted by Crippen LogP contribution is -2.33. The van der Waals surface area contributed by atoms with E-state index in [2.05, 4.69) is 48.3 Å². The van der Waals surface area contributed by atoms with Crippen LogP contribution in [0.5, 0.6) is 0 Å². The van der Waals surface area contributed by atoms with Gasteiger partial charge in [-0.15, -0.1) is 0 Å². The van der Waals surface area contributed by atoms with E-state index in [4.69, 9.17) is 33.2 Å². The van der Waals surface area contributed by atoms with Crippen LogP contribution < -0.4 is 10.6 Å². The Morgan fingerprint density at radius 3 is 1.28 bits per heavy atom. The van der Waals surface area contributed by atoms with Gasteiger partial charge in [-0.2, -0.15) is 0 Å². The van der Waals surface area contributed by atoms with E-state index in [-0.39, 0.29) is 43.2 Å². The maximum absolute atomic E-state index is 12.9. The summed E-state index contributed by atoms with van der Waals surface area (Å²) < 4.78 is 41.0. The number of H-pyrrole nitrogens is 1. The van der Waals surface area contributed by atoms with Gasteiger partial charge >= 0.3 is 18.0 Å². The number of hydrogen-bond donors (Lipinski definition) is 3. The van der Waals surface area contributed by atoms with E-state index in [1.54, 1.807) is 0 Å². The van der Waals surface area contributed by atoms with Gasteiger partial charge in [0.1, 0.15) is 30.6 Å². The number of alkyl carbamates (subject to hydrolysis) is 1. The van der Waals surface area contributed by atoms with Crippen molar-refractivity contribution >= 4 is 23.9 Å². The molecule has 1 rings (SSSR count). The zero-order valence-electron chi connectivity index (χ0n) is 51.2. The Hall–Kier alpha value is -3.27. The third-order valence-corrected chi connectivity index (χ3v) is 14.5.